The molecule has 17 nitrogen and oxygen atoms in total. The maximum Gasteiger partial charge on any atom is 0.271 e. The summed E-state index contributed by atoms with van der Waals surface area (Å²) in [5, 5.41) is 19.6. The van der Waals surface area contributed by atoms with Gasteiger partial charge < -0.3 is 46.8 Å². The highest BCUT2D eigenvalue weighted by Crippen LogP contribution is 2.25. The van der Waals surface area contributed by atoms with E-state index >= 15 is 0 Å². The van der Waals surface area contributed by atoms with Crippen molar-refractivity contribution in [2.45, 2.75) is 71.1 Å². The number of nitrogens with one attached hydrogen (secondary N) is 8. The Bertz CT molecular complexity index is 2500. The number of carbonyl (C=O) groups is 7. The van der Waals surface area contributed by atoms with Crippen LogP contribution in [0.25, 0.3) is 21.8 Å². The number of aromatic amines is 2. The molecule has 1 aliphatic heterocycles. The van der Waals surface area contributed by atoms with Crippen LogP contribution in [0, 0.1) is 13.8 Å². The van der Waals surface area contributed by atoms with Gasteiger partial charge in [0.1, 0.15) is 28.8 Å². The molecule has 4 atom stereocenters. The molecule has 0 saturated heterocycles. The van der Waals surface area contributed by atoms with Gasteiger partial charge in [0.05, 0.1) is 24.8 Å². The Morgan fingerprint density at radius 2 is 1.37 bits per heavy atom. The quantitative estimate of drug-likeness (QED) is 0.122. The summed E-state index contributed by atoms with van der Waals surface area (Å²) in [5.74, 6) is -4.74. The molecule has 18 heteroatoms. The molecule has 2 bridgehead atoms. The van der Waals surface area contributed by atoms with Gasteiger partial charge in [-0.15, -0.1) is 11.3 Å². The number of fused-ring (bicyclic) bond motifs is 4. The van der Waals surface area contributed by atoms with Gasteiger partial charge >= 0.3 is 0 Å². The van der Waals surface area contributed by atoms with E-state index in [2.05, 4.69) is 53.4 Å². The predicted molar refractivity (Wildman–Crippen MR) is 225 cm³/mol. The summed E-state index contributed by atoms with van der Waals surface area (Å²) in [7, 11) is 1.36. The van der Waals surface area contributed by atoms with E-state index < -0.39 is 78.6 Å². The molecule has 0 saturated carbocycles. The molecule has 7 amide bonds. The third-order valence-electron chi connectivity index (χ3n) is 10.3. The number of aryl methyl sites for hydroxylation is 2. The molecule has 314 valence electrons. The average molecular weight is 837 g/mol. The van der Waals surface area contributed by atoms with Crippen LogP contribution < -0.4 is 31.9 Å². The Morgan fingerprint density at radius 1 is 0.767 bits per heavy atom. The van der Waals surface area contributed by atoms with E-state index in [1.54, 1.807) is 26.2 Å². The molecule has 6 rings (SSSR count). The first-order valence-electron chi connectivity index (χ1n) is 19.4. The molecule has 2 aromatic carbocycles. The molecule has 0 radical (unpaired) electrons. The van der Waals surface area contributed by atoms with E-state index in [0.717, 1.165) is 60.3 Å². The summed E-state index contributed by atoms with van der Waals surface area (Å²) in [5.41, 5.74) is 4.72. The molecule has 0 spiro atoms. The Hall–Kier alpha value is -6.82. The highest BCUT2D eigenvalue weighted by molar-refractivity contribution is 7.09. The zero-order valence-electron chi connectivity index (χ0n) is 33.9. The van der Waals surface area contributed by atoms with Gasteiger partial charge in [0.15, 0.2) is 0 Å². The van der Waals surface area contributed by atoms with Crippen LogP contribution in [0.15, 0.2) is 66.4 Å². The highest BCUT2D eigenvalue weighted by atomic mass is 32.1. The summed E-state index contributed by atoms with van der Waals surface area (Å²) in [6, 6.07) is 7.26. The van der Waals surface area contributed by atoms with E-state index in [0.29, 0.717) is 5.01 Å². The van der Waals surface area contributed by atoms with Crippen molar-refractivity contribution in [3.05, 3.63) is 99.4 Å². The SMILES string of the molecule is C=C1NC(=O)[C@@H](CC)NC(=O)CNC(=O)[C@H](Cc2c[nH]c3cccc(C)c23)NC(=O)[C@H](Cc2c[nH]c3cccc(C)c23)NC(=O)c2csc(n2)[C@@H](C)NC(=O)CN(C)C1=O. The number of benzene rings is 2. The molecule has 60 heavy (non-hydrogen) atoms. The first kappa shape index (κ1) is 42.8. The third kappa shape index (κ3) is 9.71. The first-order chi connectivity index (χ1) is 28.6. The van der Waals surface area contributed by atoms with Crippen LogP contribution in [0.5, 0.6) is 0 Å². The average Bonchev–Trinajstić information content (AvgIpc) is 3.98. The molecule has 0 fully saturated rings. The second-order valence-corrected chi connectivity index (χ2v) is 15.7. The minimum atomic E-state index is -1.23. The lowest BCUT2D eigenvalue weighted by Crippen LogP contribution is -2.56. The van der Waals surface area contributed by atoms with Crippen LogP contribution in [0.1, 0.15) is 64.1 Å². The number of rotatable bonds is 5. The number of carbonyl (C=O) groups excluding carboxylic acids is 7. The first-order valence-corrected chi connectivity index (χ1v) is 20.3. The van der Waals surface area contributed by atoms with Crippen molar-refractivity contribution >= 4 is 74.5 Å². The summed E-state index contributed by atoms with van der Waals surface area (Å²) in [6.07, 6.45) is 3.71. The summed E-state index contributed by atoms with van der Waals surface area (Å²) in [6.45, 7) is 9.88. The Balaban J connectivity index is 1.35. The highest BCUT2D eigenvalue weighted by Gasteiger charge is 2.31. The normalized spacial score (nSPS) is 20.9. The van der Waals surface area contributed by atoms with Crippen LogP contribution >= 0.6 is 11.3 Å². The van der Waals surface area contributed by atoms with Gasteiger partial charge in [0, 0.05) is 59.5 Å². The van der Waals surface area contributed by atoms with Crippen molar-refractivity contribution in [2.24, 2.45) is 0 Å². The lowest BCUT2D eigenvalue weighted by Gasteiger charge is -2.24. The molecular weight excluding hydrogens is 789 g/mol. The number of hydrogen-bond donors (Lipinski definition) is 8. The molecular formula is C42H48N10O7S. The number of aromatic nitrogens is 3. The molecule has 8 N–H and O–H groups in total. The second-order valence-electron chi connectivity index (χ2n) is 14.9. The van der Waals surface area contributed by atoms with Crippen LogP contribution in [-0.2, 0) is 41.6 Å². The fraction of sp³-hybridized carbons (Fsp3) is 0.333. The van der Waals surface area contributed by atoms with Gasteiger partial charge in [-0.25, -0.2) is 4.98 Å². The van der Waals surface area contributed by atoms with Crippen LogP contribution in [0.2, 0.25) is 0 Å². The van der Waals surface area contributed by atoms with Crippen LogP contribution in [0.3, 0.4) is 0 Å². The van der Waals surface area contributed by atoms with Gasteiger partial charge in [-0.2, -0.15) is 0 Å². The van der Waals surface area contributed by atoms with Crippen molar-refractivity contribution in [1.29, 1.82) is 0 Å². The number of likely N-dealkylation sites (N-methyl/N-ethyl adjacent to an activating group) is 1. The largest absolute Gasteiger partial charge is 0.361 e. The number of nitrogens with zero attached hydrogens (tertiary/aromatic N) is 2. The fourth-order valence-electron chi connectivity index (χ4n) is 7.22. The van der Waals surface area contributed by atoms with E-state index in [1.165, 1.54) is 12.4 Å². The van der Waals surface area contributed by atoms with E-state index in [9.17, 15) is 33.6 Å². The van der Waals surface area contributed by atoms with E-state index in [4.69, 9.17) is 0 Å². The minimum Gasteiger partial charge on any atom is -0.361 e. The van der Waals surface area contributed by atoms with E-state index in [1.807, 2.05) is 50.2 Å². The second kappa shape index (κ2) is 18.4. The van der Waals surface area contributed by atoms with Crippen LogP contribution in [0.4, 0.5) is 0 Å². The topological polar surface area (TPSA) is 239 Å². The van der Waals surface area contributed by atoms with Crippen molar-refractivity contribution in [1.82, 2.24) is 51.8 Å². The summed E-state index contributed by atoms with van der Waals surface area (Å²) in [4.78, 5) is 107. The molecule has 3 aromatic heterocycles. The monoisotopic (exact) mass is 836 g/mol. The number of H-pyrrole nitrogens is 2. The Labute approximate surface area is 349 Å². The van der Waals surface area contributed by atoms with Crippen molar-refractivity contribution in [3.8, 4) is 0 Å². The predicted octanol–water partition coefficient (Wildman–Crippen LogP) is 2.08. The molecule has 5 aromatic rings. The summed E-state index contributed by atoms with van der Waals surface area (Å²) >= 11 is 1.12. The molecule has 4 heterocycles. The fourth-order valence-corrected chi connectivity index (χ4v) is 8.03. The van der Waals surface area contributed by atoms with Gasteiger partial charge in [0.25, 0.3) is 11.8 Å². The number of amides is 7. The van der Waals surface area contributed by atoms with E-state index in [-0.39, 0.29) is 30.7 Å². The van der Waals surface area contributed by atoms with Crippen molar-refractivity contribution < 1.29 is 33.6 Å². The third-order valence-corrected chi connectivity index (χ3v) is 11.4. The van der Waals surface area contributed by atoms with Gasteiger partial charge in [-0.3, -0.25) is 33.6 Å². The van der Waals surface area contributed by atoms with Crippen molar-refractivity contribution in [3.63, 3.8) is 0 Å². The smallest absolute Gasteiger partial charge is 0.271 e. The maximum absolute atomic E-state index is 14.5. The van der Waals surface area contributed by atoms with Crippen molar-refractivity contribution in [2.75, 3.05) is 20.1 Å². The lowest BCUT2D eigenvalue weighted by atomic mass is 9.99. The lowest BCUT2D eigenvalue weighted by molar-refractivity contribution is -0.134. The molecule has 0 aliphatic carbocycles. The Kier molecular flexibility index (Phi) is 13.1. The standard InChI is InChI=1S/C42H48N10O7S/c1-7-27-38(56)47-24(5)42(59)52(6)19-34(54)46-23(4)41-51-32(20-60-41)40(58)50-31(15-26-17-44-29-13-9-11-22(3)36(26)29)39(57)49-30(37(55)45-18-33(53)48-27)14-25-16-43-28-12-8-10-21(2)35(25)28/h8-13,16-17,20,23,27,30-31,43-44H,5,7,14-15,18-19H2,1-4,6H3,(H,45,55)(H,46,54)(H,47,56)(H,48,53)(H,49,57)(H,50,58)/t23-,27-,30+,31+/m1/s1. The number of thiazole rings is 1. The van der Waals surface area contributed by atoms with Gasteiger partial charge in [-0.05, 0) is 61.6 Å². The molecule has 1 aliphatic rings. The summed E-state index contributed by atoms with van der Waals surface area (Å²) < 4.78 is 0. The van der Waals surface area contributed by atoms with Crippen LogP contribution in [-0.4, -0.2) is 99.5 Å². The zero-order valence-corrected chi connectivity index (χ0v) is 34.7. The van der Waals surface area contributed by atoms with Gasteiger partial charge in [0.2, 0.25) is 29.5 Å². The van der Waals surface area contributed by atoms with Gasteiger partial charge in [-0.1, -0.05) is 37.8 Å². The minimum absolute atomic E-state index is 0.00208. The number of hydrogen-bond acceptors (Lipinski definition) is 9. The Morgan fingerprint density at radius 3 is 1.97 bits per heavy atom. The zero-order chi connectivity index (χ0) is 43.2. The molecule has 0 unspecified atom stereocenters. The maximum atomic E-state index is 14.5.